The maximum absolute atomic E-state index is 11.8. The molecule has 0 spiro atoms. The van der Waals surface area contributed by atoms with Gasteiger partial charge in [-0.15, -0.1) is 5.10 Å². The molecule has 0 atom stereocenters. The number of ether oxygens (including phenoxy) is 1. The number of H-pyrrole nitrogens is 1. The number of rotatable bonds is 3. The van der Waals surface area contributed by atoms with Crippen LogP contribution in [0, 0.1) is 6.92 Å². The van der Waals surface area contributed by atoms with E-state index in [-0.39, 0.29) is 11.7 Å². The minimum Gasteiger partial charge on any atom is -0.495 e. The van der Waals surface area contributed by atoms with Crippen LogP contribution in [-0.2, 0) is 0 Å². The lowest BCUT2D eigenvalue weighted by atomic mass is 10.3. The fourth-order valence-corrected chi connectivity index (χ4v) is 1.78. The van der Waals surface area contributed by atoms with Crippen molar-refractivity contribution in [1.29, 1.82) is 0 Å². The Kier molecular flexibility index (Phi) is 3.61. The van der Waals surface area contributed by atoms with E-state index in [1.54, 1.807) is 32.2 Å². The maximum atomic E-state index is 11.8. The summed E-state index contributed by atoms with van der Waals surface area (Å²) in [4.78, 5) is 15.8. The van der Waals surface area contributed by atoms with Gasteiger partial charge in [-0.25, -0.2) is 4.98 Å². The third-order valence-corrected chi connectivity index (χ3v) is 2.86. The predicted octanol–water partition coefficient (Wildman–Crippen LogP) is 2.14. The first-order chi connectivity index (χ1) is 8.60. The molecule has 2 N–H and O–H groups in total. The van der Waals surface area contributed by atoms with Crippen molar-refractivity contribution < 1.29 is 9.53 Å². The molecular formula is C11H11BrN4O2. The summed E-state index contributed by atoms with van der Waals surface area (Å²) in [6, 6.07) is 5.25. The first kappa shape index (κ1) is 12.6. The number of nitrogens with one attached hydrogen (secondary N) is 2. The van der Waals surface area contributed by atoms with Crippen molar-refractivity contribution in [3.8, 4) is 5.75 Å². The van der Waals surface area contributed by atoms with Gasteiger partial charge in [-0.3, -0.25) is 9.89 Å². The molecule has 0 aliphatic carbocycles. The number of anilines is 1. The van der Waals surface area contributed by atoms with Crippen LogP contribution >= 0.6 is 15.9 Å². The average molecular weight is 311 g/mol. The van der Waals surface area contributed by atoms with E-state index in [9.17, 15) is 4.79 Å². The zero-order valence-electron chi connectivity index (χ0n) is 9.82. The molecule has 0 saturated carbocycles. The summed E-state index contributed by atoms with van der Waals surface area (Å²) < 4.78 is 5.96. The third-order valence-electron chi connectivity index (χ3n) is 2.21. The highest BCUT2D eigenvalue weighted by atomic mass is 79.9. The first-order valence-electron chi connectivity index (χ1n) is 5.14. The van der Waals surface area contributed by atoms with Crippen LogP contribution < -0.4 is 10.1 Å². The van der Waals surface area contributed by atoms with Crippen LogP contribution in [0.3, 0.4) is 0 Å². The summed E-state index contributed by atoms with van der Waals surface area (Å²) in [6.07, 6.45) is 0. The molecule has 0 radical (unpaired) electrons. The number of aryl methyl sites for hydroxylation is 1. The normalized spacial score (nSPS) is 10.2. The lowest BCUT2D eigenvalue weighted by Gasteiger charge is -2.07. The van der Waals surface area contributed by atoms with Crippen LogP contribution in [0.4, 0.5) is 5.69 Å². The van der Waals surface area contributed by atoms with E-state index in [1.807, 2.05) is 0 Å². The third kappa shape index (κ3) is 2.67. The Morgan fingerprint density at radius 3 is 2.89 bits per heavy atom. The van der Waals surface area contributed by atoms with Crippen LogP contribution in [0.2, 0.25) is 0 Å². The molecule has 2 aromatic rings. The molecule has 0 unspecified atom stereocenters. The van der Waals surface area contributed by atoms with E-state index in [0.717, 1.165) is 4.47 Å². The van der Waals surface area contributed by atoms with Gasteiger partial charge in [0.25, 0.3) is 5.91 Å². The number of aromatic amines is 1. The van der Waals surface area contributed by atoms with Crippen LogP contribution in [0.25, 0.3) is 0 Å². The molecule has 1 aromatic carbocycles. The summed E-state index contributed by atoms with van der Waals surface area (Å²) in [7, 11) is 1.56. The van der Waals surface area contributed by atoms with Crippen LogP contribution in [-0.4, -0.2) is 28.2 Å². The molecule has 0 fully saturated rings. The molecule has 7 heteroatoms. The quantitative estimate of drug-likeness (QED) is 0.910. The van der Waals surface area contributed by atoms with E-state index in [0.29, 0.717) is 17.3 Å². The summed E-state index contributed by atoms with van der Waals surface area (Å²) in [6.45, 7) is 1.73. The lowest BCUT2D eigenvalue weighted by Crippen LogP contribution is -2.13. The van der Waals surface area contributed by atoms with Gasteiger partial charge in [-0.2, -0.15) is 0 Å². The van der Waals surface area contributed by atoms with Crippen molar-refractivity contribution in [3.05, 3.63) is 34.3 Å². The average Bonchev–Trinajstić information content (AvgIpc) is 2.78. The highest BCUT2D eigenvalue weighted by Crippen LogP contribution is 2.27. The van der Waals surface area contributed by atoms with Crippen molar-refractivity contribution in [2.45, 2.75) is 6.92 Å². The Morgan fingerprint density at radius 2 is 2.28 bits per heavy atom. The van der Waals surface area contributed by atoms with Gasteiger partial charge in [0.05, 0.1) is 11.6 Å². The molecule has 1 amide bonds. The van der Waals surface area contributed by atoms with Gasteiger partial charge in [0.15, 0.2) is 0 Å². The summed E-state index contributed by atoms with van der Waals surface area (Å²) in [5.74, 6) is 0.964. The number of carbonyl (C=O) groups is 1. The molecule has 0 bridgehead atoms. The largest absolute Gasteiger partial charge is 0.495 e. The molecule has 0 saturated heterocycles. The Morgan fingerprint density at radius 1 is 1.50 bits per heavy atom. The summed E-state index contributed by atoms with van der Waals surface area (Å²) in [5, 5.41) is 9.08. The SMILES string of the molecule is COc1cc(NC(=O)c2n[nH]c(C)n2)ccc1Br. The molecular weight excluding hydrogens is 300 g/mol. The fourth-order valence-electron chi connectivity index (χ4n) is 1.37. The molecule has 1 heterocycles. The lowest BCUT2D eigenvalue weighted by molar-refractivity contribution is 0.101. The van der Waals surface area contributed by atoms with Crippen LogP contribution in [0.5, 0.6) is 5.75 Å². The number of aromatic nitrogens is 3. The van der Waals surface area contributed by atoms with Crippen molar-refractivity contribution in [1.82, 2.24) is 15.2 Å². The molecule has 0 aliphatic heterocycles. The Hall–Kier alpha value is -1.89. The van der Waals surface area contributed by atoms with E-state index in [2.05, 4.69) is 36.4 Å². The number of amides is 1. The standard InChI is InChI=1S/C11H11BrN4O2/c1-6-13-10(16-15-6)11(17)14-7-3-4-8(12)9(5-7)18-2/h3-5H,1-2H3,(H,14,17)(H,13,15,16). The van der Waals surface area contributed by atoms with Crippen molar-refractivity contribution >= 4 is 27.5 Å². The number of methoxy groups -OCH3 is 1. The second-order valence-electron chi connectivity index (χ2n) is 3.55. The minimum absolute atomic E-state index is 0.106. The number of halogens is 1. The Labute approximate surface area is 112 Å². The maximum Gasteiger partial charge on any atom is 0.295 e. The second kappa shape index (κ2) is 5.18. The molecule has 2 rings (SSSR count). The second-order valence-corrected chi connectivity index (χ2v) is 4.40. The van der Waals surface area contributed by atoms with Gasteiger partial charge >= 0.3 is 0 Å². The predicted molar refractivity (Wildman–Crippen MR) is 69.8 cm³/mol. The van der Waals surface area contributed by atoms with Crippen LogP contribution in [0.15, 0.2) is 22.7 Å². The molecule has 18 heavy (non-hydrogen) atoms. The van der Waals surface area contributed by atoms with E-state index < -0.39 is 0 Å². The minimum atomic E-state index is -0.372. The number of benzene rings is 1. The molecule has 94 valence electrons. The Bertz CT molecular complexity index is 582. The smallest absolute Gasteiger partial charge is 0.295 e. The van der Waals surface area contributed by atoms with Gasteiger partial charge in [0.1, 0.15) is 11.6 Å². The van der Waals surface area contributed by atoms with Crippen LogP contribution in [0.1, 0.15) is 16.4 Å². The molecule has 6 nitrogen and oxygen atoms in total. The molecule has 0 aliphatic rings. The highest BCUT2D eigenvalue weighted by molar-refractivity contribution is 9.10. The number of hydrogen-bond donors (Lipinski definition) is 2. The number of carbonyl (C=O) groups excluding carboxylic acids is 1. The van der Waals surface area contributed by atoms with Gasteiger partial charge in [-0.05, 0) is 35.0 Å². The van der Waals surface area contributed by atoms with E-state index in [1.165, 1.54) is 0 Å². The van der Waals surface area contributed by atoms with Gasteiger partial charge in [0, 0.05) is 11.8 Å². The fraction of sp³-hybridized carbons (Fsp3) is 0.182. The number of hydrogen-bond acceptors (Lipinski definition) is 4. The number of nitrogens with zero attached hydrogens (tertiary/aromatic N) is 2. The Balaban J connectivity index is 2.16. The summed E-state index contributed by atoms with van der Waals surface area (Å²) >= 11 is 3.34. The van der Waals surface area contributed by atoms with Gasteiger partial charge in [0.2, 0.25) is 5.82 Å². The summed E-state index contributed by atoms with van der Waals surface area (Å²) in [5.41, 5.74) is 0.613. The van der Waals surface area contributed by atoms with Gasteiger partial charge < -0.3 is 10.1 Å². The van der Waals surface area contributed by atoms with E-state index >= 15 is 0 Å². The zero-order chi connectivity index (χ0) is 13.1. The van der Waals surface area contributed by atoms with Crippen molar-refractivity contribution in [2.24, 2.45) is 0 Å². The monoisotopic (exact) mass is 310 g/mol. The topological polar surface area (TPSA) is 79.9 Å². The van der Waals surface area contributed by atoms with Crippen molar-refractivity contribution in [2.75, 3.05) is 12.4 Å². The first-order valence-corrected chi connectivity index (χ1v) is 5.93. The van der Waals surface area contributed by atoms with Crippen molar-refractivity contribution in [3.63, 3.8) is 0 Å². The van der Waals surface area contributed by atoms with Gasteiger partial charge in [-0.1, -0.05) is 0 Å². The zero-order valence-corrected chi connectivity index (χ0v) is 11.4. The van der Waals surface area contributed by atoms with E-state index in [4.69, 9.17) is 4.74 Å². The molecule has 1 aromatic heterocycles. The highest BCUT2D eigenvalue weighted by Gasteiger charge is 2.12.